The molecule has 0 bridgehead atoms. The number of hydrogen-bond acceptors (Lipinski definition) is 2. The van der Waals surface area contributed by atoms with Crippen LogP contribution in [-0.4, -0.2) is 7.11 Å². The maximum Gasteiger partial charge on any atom is 0.131 e. The smallest absolute Gasteiger partial charge is 0.131 e. The summed E-state index contributed by atoms with van der Waals surface area (Å²) in [5.74, 6) is -0.499. The molecule has 2 aromatic rings. The standard InChI is InChI=1S/C15H15F2NO/c1-9-7-12(14(17)8-13(9)16)15(18)10-3-5-11(19-2)6-4-10/h3-8,15H,18H2,1-2H3. The van der Waals surface area contributed by atoms with Crippen LogP contribution in [0.1, 0.15) is 22.7 Å². The molecule has 2 N–H and O–H groups in total. The normalized spacial score (nSPS) is 12.3. The first-order chi connectivity index (χ1) is 9.02. The van der Waals surface area contributed by atoms with Gasteiger partial charge >= 0.3 is 0 Å². The highest BCUT2D eigenvalue weighted by atomic mass is 19.1. The predicted octanol–water partition coefficient (Wildman–Crippen LogP) is 3.33. The molecule has 0 fully saturated rings. The van der Waals surface area contributed by atoms with Gasteiger partial charge in [0.2, 0.25) is 0 Å². The van der Waals surface area contributed by atoms with E-state index in [9.17, 15) is 8.78 Å². The molecule has 1 unspecified atom stereocenters. The minimum atomic E-state index is -0.634. The van der Waals surface area contributed by atoms with Gasteiger partial charge in [-0.25, -0.2) is 8.78 Å². The molecule has 0 radical (unpaired) electrons. The molecule has 19 heavy (non-hydrogen) atoms. The second-order valence-electron chi connectivity index (χ2n) is 4.37. The van der Waals surface area contributed by atoms with Crippen molar-refractivity contribution < 1.29 is 13.5 Å². The zero-order valence-electron chi connectivity index (χ0n) is 10.8. The molecule has 0 saturated carbocycles. The van der Waals surface area contributed by atoms with E-state index in [0.29, 0.717) is 11.3 Å². The van der Waals surface area contributed by atoms with Gasteiger partial charge in [0.15, 0.2) is 0 Å². The molecule has 0 aromatic heterocycles. The van der Waals surface area contributed by atoms with Gasteiger partial charge in [0, 0.05) is 11.6 Å². The van der Waals surface area contributed by atoms with Crippen LogP contribution in [0.25, 0.3) is 0 Å². The van der Waals surface area contributed by atoms with Crippen molar-refractivity contribution in [2.75, 3.05) is 7.11 Å². The molecule has 2 nitrogen and oxygen atoms in total. The minimum Gasteiger partial charge on any atom is -0.497 e. The maximum atomic E-state index is 13.8. The summed E-state index contributed by atoms with van der Waals surface area (Å²) >= 11 is 0. The van der Waals surface area contributed by atoms with Crippen LogP contribution in [-0.2, 0) is 0 Å². The number of rotatable bonds is 3. The zero-order chi connectivity index (χ0) is 14.0. The lowest BCUT2D eigenvalue weighted by Crippen LogP contribution is -2.14. The topological polar surface area (TPSA) is 35.2 Å². The first kappa shape index (κ1) is 13.5. The molecular formula is C15H15F2NO. The summed E-state index contributed by atoms with van der Waals surface area (Å²) < 4.78 is 32.0. The summed E-state index contributed by atoms with van der Waals surface area (Å²) in [5, 5.41) is 0. The average Bonchev–Trinajstić information content (AvgIpc) is 2.42. The van der Waals surface area contributed by atoms with Crippen LogP contribution < -0.4 is 10.5 Å². The largest absolute Gasteiger partial charge is 0.497 e. The lowest BCUT2D eigenvalue weighted by atomic mass is 9.97. The van der Waals surface area contributed by atoms with Crippen LogP contribution in [0.15, 0.2) is 36.4 Å². The summed E-state index contributed by atoms with van der Waals surface area (Å²) in [6.07, 6.45) is 0. The molecule has 0 saturated heterocycles. The lowest BCUT2D eigenvalue weighted by Gasteiger charge is -2.15. The maximum absolute atomic E-state index is 13.8. The van der Waals surface area contributed by atoms with Crippen LogP contribution in [0.5, 0.6) is 5.75 Å². The molecule has 2 rings (SSSR count). The third-order valence-electron chi connectivity index (χ3n) is 3.09. The summed E-state index contributed by atoms with van der Waals surface area (Å²) in [6, 6.07) is 8.72. The monoisotopic (exact) mass is 263 g/mol. The van der Waals surface area contributed by atoms with E-state index in [1.165, 1.54) is 6.07 Å². The van der Waals surface area contributed by atoms with E-state index in [4.69, 9.17) is 10.5 Å². The number of benzene rings is 2. The summed E-state index contributed by atoms with van der Waals surface area (Å²) in [4.78, 5) is 0. The third kappa shape index (κ3) is 2.74. The highest BCUT2D eigenvalue weighted by molar-refractivity contribution is 5.37. The number of methoxy groups -OCH3 is 1. The van der Waals surface area contributed by atoms with Crippen molar-refractivity contribution in [3.8, 4) is 5.75 Å². The van der Waals surface area contributed by atoms with Crippen LogP contribution in [0.3, 0.4) is 0 Å². The number of nitrogens with two attached hydrogens (primary N) is 1. The highest BCUT2D eigenvalue weighted by Crippen LogP contribution is 2.25. The van der Waals surface area contributed by atoms with Crippen molar-refractivity contribution in [1.29, 1.82) is 0 Å². The van der Waals surface area contributed by atoms with Crippen molar-refractivity contribution in [2.24, 2.45) is 5.73 Å². The van der Waals surface area contributed by atoms with E-state index in [0.717, 1.165) is 11.6 Å². The molecule has 0 heterocycles. The fourth-order valence-corrected chi connectivity index (χ4v) is 1.91. The Kier molecular flexibility index (Phi) is 3.81. The quantitative estimate of drug-likeness (QED) is 0.921. The molecule has 1 atom stereocenters. The van der Waals surface area contributed by atoms with E-state index in [1.54, 1.807) is 38.3 Å². The summed E-state index contributed by atoms with van der Waals surface area (Å²) in [7, 11) is 1.57. The molecule has 0 aliphatic heterocycles. The molecule has 4 heteroatoms. The fourth-order valence-electron chi connectivity index (χ4n) is 1.91. The van der Waals surface area contributed by atoms with Crippen LogP contribution in [0, 0.1) is 18.6 Å². The van der Waals surface area contributed by atoms with Gasteiger partial charge in [-0.05, 0) is 36.2 Å². The number of hydrogen-bond donors (Lipinski definition) is 1. The van der Waals surface area contributed by atoms with E-state index in [2.05, 4.69) is 0 Å². The van der Waals surface area contributed by atoms with Crippen molar-refractivity contribution in [3.63, 3.8) is 0 Å². The van der Waals surface area contributed by atoms with Crippen molar-refractivity contribution in [1.82, 2.24) is 0 Å². The van der Waals surface area contributed by atoms with Crippen LogP contribution in [0.4, 0.5) is 8.78 Å². The Balaban J connectivity index is 2.37. The Labute approximate surface area is 110 Å². The SMILES string of the molecule is COc1ccc(C(N)c2cc(C)c(F)cc2F)cc1. The summed E-state index contributed by atoms with van der Waals surface area (Å²) in [5.41, 5.74) is 7.42. The van der Waals surface area contributed by atoms with Gasteiger partial charge in [-0.3, -0.25) is 0 Å². The molecule has 0 aliphatic rings. The Morgan fingerprint density at radius 1 is 1.05 bits per heavy atom. The minimum absolute atomic E-state index is 0.282. The van der Waals surface area contributed by atoms with E-state index in [1.807, 2.05) is 0 Å². The Morgan fingerprint density at radius 3 is 2.26 bits per heavy atom. The molecule has 0 aliphatic carbocycles. The predicted molar refractivity (Wildman–Crippen MR) is 70.1 cm³/mol. The van der Waals surface area contributed by atoms with Gasteiger partial charge in [0.25, 0.3) is 0 Å². The van der Waals surface area contributed by atoms with E-state index < -0.39 is 17.7 Å². The Hall–Kier alpha value is -1.94. The molecule has 100 valence electrons. The number of ether oxygens (including phenoxy) is 1. The number of aryl methyl sites for hydroxylation is 1. The molecule has 0 spiro atoms. The van der Waals surface area contributed by atoms with Crippen molar-refractivity contribution >= 4 is 0 Å². The van der Waals surface area contributed by atoms with Gasteiger partial charge in [0.1, 0.15) is 17.4 Å². The average molecular weight is 263 g/mol. The van der Waals surface area contributed by atoms with E-state index >= 15 is 0 Å². The van der Waals surface area contributed by atoms with Gasteiger partial charge < -0.3 is 10.5 Å². The first-order valence-electron chi connectivity index (χ1n) is 5.88. The Bertz CT molecular complexity index is 581. The van der Waals surface area contributed by atoms with Crippen molar-refractivity contribution in [2.45, 2.75) is 13.0 Å². The molecular weight excluding hydrogens is 248 g/mol. The molecule has 2 aromatic carbocycles. The van der Waals surface area contributed by atoms with Crippen molar-refractivity contribution in [3.05, 3.63) is 64.7 Å². The van der Waals surface area contributed by atoms with Gasteiger partial charge in [-0.15, -0.1) is 0 Å². The second-order valence-corrected chi connectivity index (χ2v) is 4.37. The Morgan fingerprint density at radius 2 is 1.68 bits per heavy atom. The summed E-state index contributed by atoms with van der Waals surface area (Å²) in [6.45, 7) is 1.58. The van der Waals surface area contributed by atoms with Gasteiger partial charge in [-0.2, -0.15) is 0 Å². The fraction of sp³-hybridized carbons (Fsp3) is 0.200. The molecule has 0 amide bonds. The lowest BCUT2D eigenvalue weighted by molar-refractivity contribution is 0.414. The van der Waals surface area contributed by atoms with Gasteiger partial charge in [-0.1, -0.05) is 12.1 Å². The van der Waals surface area contributed by atoms with Gasteiger partial charge in [0.05, 0.1) is 13.2 Å². The first-order valence-corrected chi connectivity index (χ1v) is 5.88. The number of halogens is 2. The van der Waals surface area contributed by atoms with Crippen LogP contribution in [0.2, 0.25) is 0 Å². The van der Waals surface area contributed by atoms with E-state index in [-0.39, 0.29) is 5.56 Å². The second kappa shape index (κ2) is 5.36. The zero-order valence-corrected chi connectivity index (χ0v) is 10.8. The van der Waals surface area contributed by atoms with Crippen LogP contribution >= 0.6 is 0 Å². The highest BCUT2D eigenvalue weighted by Gasteiger charge is 2.15. The third-order valence-corrected chi connectivity index (χ3v) is 3.09.